The molecular weight excluding hydrogens is 304 g/mol. The third-order valence-corrected chi connectivity index (χ3v) is 5.44. The van der Waals surface area contributed by atoms with Gasteiger partial charge < -0.3 is 4.74 Å². The van der Waals surface area contributed by atoms with Crippen LogP contribution in [0.3, 0.4) is 0 Å². The molecule has 0 aliphatic carbocycles. The lowest BCUT2D eigenvalue weighted by molar-refractivity contribution is -0.0197. The second-order valence-electron chi connectivity index (χ2n) is 7.48. The van der Waals surface area contributed by atoms with Gasteiger partial charge in [0.15, 0.2) is 0 Å². The first kappa shape index (κ1) is 18.2. The molecule has 2 aromatic rings. The van der Waals surface area contributed by atoms with Crippen molar-refractivity contribution >= 4 is 0 Å². The third-order valence-electron chi connectivity index (χ3n) is 5.44. The highest BCUT2D eigenvalue weighted by Crippen LogP contribution is 2.33. The number of ether oxygens (including phenoxy) is 1. The number of rotatable bonds is 7. The van der Waals surface area contributed by atoms with Crippen LogP contribution >= 0.6 is 0 Å². The summed E-state index contributed by atoms with van der Waals surface area (Å²) in [6.45, 7) is 5.43. The Balaban J connectivity index is 1.59. The fraction of sp³-hybridized carbons (Fsp3) is 0.500. The van der Waals surface area contributed by atoms with Gasteiger partial charge in [-0.3, -0.25) is 0 Å². The Bertz CT molecular complexity index is 618. The third kappa shape index (κ3) is 4.95. The van der Waals surface area contributed by atoms with E-state index in [2.05, 4.69) is 62.4 Å². The molecule has 0 saturated carbocycles. The normalized spacial score (nSPS) is 20.6. The molecule has 134 valence electrons. The van der Waals surface area contributed by atoms with Crippen LogP contribution in [-0.2, 0) is 11.2 Å². The topological polar surface area (TPSA) is 9.23 Å². The summed E-state index contributed by atoms with van der Waals surface area (Å²) >= 11 is 0. The summed E-state index contributed by atoms with van der Waals surface area (Å²) in [6, 6.07) is 18.0. The van der Waals surface area contributed by atoms with Gasteiger partial charge in [-0.1, -0.05) is 81.6 Å². The molecule has 0 aromatic heterocycles. The molecule has 1 heterocycles. The molecule has 0 spiro atoms. The molecule has 2 unspecified atom stereocenters. The van der Waals surface area contributed by atoms with Crippen molar-refractivity contribution in [2.24, 2.45) is 5.92 Å². The summed E-state index contributed by atoms with van der Waals surface area (Å²) in [6.07, 6.45) is 9.09. The Morgan fingerprint density at radius 2 is 1.52 bits per heavy atom. The molecule has 0 bridgehead atoms. The van der Waals surface area contributed by atoms with E-state index in [9.17, 15) is 0 Å². The van der Waals surface area contributed by atoms with Crippen LogP contribution in [0.15, 0.2) is 48.5 Å². The first-order valence-electron chi connectivity index (χ1n) is 10.1. The van der Waals surface area contributed by atoms with E-state index < -0.39 is 0 Å². The van der Waals surface area contributed by atoms with Crippen molar-refractivity contribution in [2.45, 2.75) is 64.9 Å². The first-order chi connectivity index (χ1) is 12.3. The second kappa shape index (κ2) is 9.20. The average molecular weight is 337 g/mol. The summed E-state index contributed by atoms with van der Waals surface area (Å²) in [5.74, 6) is 0.775. The molecule has 1 aliphatic rings. The maximum atomic E-state index is 6.16. The first-order valence-corrected chi connectivity index (χ1v) is 10.1. The maximum absolute atomic E-state index is 6.16. The zero-order chi connectivity index (χ0) is 17.5. The van der Waals surface area contributed by atoms with Gasteiger partial charge >= 0.3 is 0 Å². The van der Waals surface area contributed by atoms with E-state index in [1.807, 2.05) is 0 Å². The lowest BCUT2D eigenvalue weighted by atomic mass is 9.90. The van der Waals surface area contributed by atoms with E-state index in [1.165, 1.54) is 60.8 Å². The zero-order valence-electron chi connectivity index (χ0n) is 15.8. The van der Waals surface area contributed by atoms with Crippen LogP contribution in [-0.4, -0.2) is 6.61 Å². The summed E-state index contributed by atoms with van der Waals surface area (Å²) in [5.41, 5.74) is 5.36. The molecule has 1 saturated heterocycles. The lowest BCUT2D eigenvalue weighted by Crippen LogP contribution is -2.20. The molecule has 0 N–H and O–H groups in total. The van der Waals surface area contributed by atoms with Gasteiger partial charge in [0.05, 0.1) is 12.7 Å². The maximum Gasteiger partial charge on any atom is 0.0825 e. The second-order valence-corrected chi connectivity index (χ2v) is 7.48. The van der Waals surface area contributed by atoms with E-state index in [4.69, 9.17) is 4.74 Å². The van der Waals surface area contributed by atoms with E-state index in [-0.39, 0.29) is 0 Å². The highest BCUT2D eigenvalue weighted by molar-refractivity contribution is 5.64. The smallest absolute Gasteiger partial charge is 0.0825 e. The SMILES string of the molecule is CCCCC1CCC(c2ccc(-c3ccc(CCC)cc3)cc2)OC1. The average Bonchev–Trinajstić information content (AvgIpc) is 2.68. The minimum atomic E-state index is 0.291. The monoisotopic (exact) mass is 336 g/mol. The minimum absolute atomic E-state index is 0.291. The number of unbranched alkanes of at least 4 members (excludes halogenated alkanes) is 1. The molecule has 1 heteroatoms. The summed E-state index contributed by atoms with van der Waals surface area (Å²) < 4.78 is 6.16. The molecule has 2 aromatic carbocycles. The number of benzene rings is 2. The van der Waals surface area contributed by atoms with Gasteiger partial charge in [0.25, 0.3) is 0 Å². The fourth-order valence-corrected chi connectivity index (χ4v) is 3.83. The van der Waals surface area contributed by atoms with Gasteiger partial charge in [0, 0.05) is 0 Å². The molecule has 0 radical (unpaired) electrons. The van der Waals surface area contributed by atoms with E-state index in [0.717, 1.165) is 18.9 Å². The molecule has 1 fully saturated rings. The number of hydrogen-bond acceptors (Lipinski definition) is 1. The van der Waals surface area contributed by atoms with Crippen LogP contribution in [0.25, 0.3) is 11.1 Å². The summed E-state index contributed by atoms with van der Waals surface area (Å²) in [7, 11) is 0. The zero-order valence-corrected chi connectivity index (χ0v) is 15.8. The Kier molecular flexibility index (Phi) is 6.69. The van der Waals surface area contributed by atoms with Crippen molar-refractivity contribution in [1.29, 1.82) is 0 Å². The molecule has 2 atom stereocenters. The van der Waals surface area contributed by atoms with Gasteiger partial charge in [-0.05, 0) is 53.9 Å². The Hall–Kier alpha value is -1.60. The van der Waals surface area contributed by atoms with Crippen LogP contribution in [0.1, 0.15) is 69.6 Å². The van der Waals surface area contributed by atoms with Gasteiger partial charge in [-0.15, -0.1) is 0 Å². The molecule has 3 rings (SSSR count). The van der Waals surface area contributed by atoms with Crippen LogP contribution in [0.4, 0.5) is 0 Å². The predicted molar refractivity (Wildman–Crippen MR) is 107 cm³/mol. The molecular formula is C24H32O. The van der Waals surface area contributed by atoms with Crippen molar-refractivity contribution in [3.05, 3.63) is 59.7 Å². The lowest BCUT2D eigenvalue weighted by Gasteiger charge is -2.29. The highest BCUT2D eigenvalue weighted by Gasteiger charge is 2.22. The molecule has 0 amide bonds. The van der Waals surface area contributed by atoms with Gasteiger partial charge in [0.1, 0.15) is 0 Å². The van der Waals surface area contributed by atoms with Crippen molar-refractivity contribution in [3.8, 4) is 11.1 Å². The van der Waals surface area contributed by atoms with Crippen LogP contribution in [0.5, 0.6) is 0 Å². The van der Waals surface area contributed by atoms with Crippen molar-refractivity contribution in [2.75, 3.05) is 6.61 Å². The molecule has 1 nitrogen and oxygen atoms in total. The van der Waals surface area contributed by atoms with Crippen molar-refractivity contribution < 1.29 is 4.74 Å². The quantitative estimate of drug-likeness (QED) is 0.531. The van der Waals surface area contributed by atoms with Crippen molar-refractivity contribution in [3.63, 3.8) is 0 Å². The Morgan fingerprint density at radius 1 is 0.840 bits per heavy atom. The standard InChI is InChI=1S/C24H32O/c1-3-5-7-20-10-17-24(25-18-20)23-15-13-22(14-16-23)21-11-8-19(6-4-2)9-12-21/h8-9,11-16,20,24H,3-7,10,17-18H2,1-2H3. The molecule has 25 heavy (non-hydrogen) atoms. The summed E-state index contributed by atoms with van der Waals surface area (Å²) in [4.78, 5) is 0. The van der Waals surface area contributed by atoms with E-state index in [0.29, 0.717) is 6.10 Å². The van der Waals surface area contributed by atoms with E-state index >= 15 is 0 Å². The summed E-state index contributed by atoms with van der Waals surface area (Å²) in [5, 5.41) is 0. The highest BCUT2D eigenvalue weighted by atomic mass is 16.5. The minimum Gasteiger partial charge on any atom is -0.373 e. The fourth-order valence-electron chi connectivity index (χ4n) is 3.83. The largest absolute Gasteiger partial charge is 0.373 e. The van der Waals surface area contributed by atoms with Gasteiger partial charge in [-0.25, -0.2) is 0 Å². The van der Waals surface area contributed by atoms with Crippen molar-refractivity contribution in [1.82, 2.24) is 0 Å². The predicted octanol–water partition coefficient (Wildman–Crippen LogP) is 6.96. The number of aryl methyl sites for hydroxylation is 1. The van der Waals surface area contributed by atoms with Gasteiger partial charge in [0.2, 0.25) is 0 Å². The van der Waals surface area contributed by atoms with Gasteiger partial charge in [-0.2, -0.15) is 0 Å². The van der Waals surface area contributed by atoms with Crippen LogP contribution in [0.2, 0.25) is 0 Å². The van der Waals surface area contributed by atoms with E-state index in [1.54, 1.807) is 0 Å². The molecule has 1 aliphatic heterocycles. The Morgan fingerprint density at radius 3 is 2.08 bits per heavy atom. The van der Waals surface area contributed by atoms with Crippen LogP contribution < -0.4 is 0 Å². The Labute approximate surface area is 153 Å². The van der Waals surface area contributed by atoms with Crippen LogP contribution in [0, 0.1) is 5.92 Å². The number of hydrogen-bond donors (Lipinski definition) is 0.